The van der Waals surface area contributed by atoms with Gasteiger partial charge in [-0.3, -0.25) is 4.90 Å². The fourth-order valence-corrected chi connectivity index (χ4v) is 10.0. The van der Waals surface area contributed by atoms with E-state index < -0.39 is 25.3 Å². The van der Waals surface area contributed by atoms with Crippen molar-refractivity contribution < 1.29 is 18.3 Å². The van der Waals surface area contributed by atoms with Crippen molar-refractivity contribution in [2.45, 2.75) is 95.4 Å². The van der Waals surface area contributed by atoms with Crippen LogP contribution >= 0.6 is 0 Å². The Labute approximate surface area is 301 Å². The Kier molecular flexibility index (Phi) is 9.37. The molecule has 3 atom stereocenters. The van der Waals surface area contributed by atoms with Gasteiger partial charge in [-0.1, -0.05) is 49.5 Å². The lowest BCUT2D eigenvalue weighted by Crippen LogP contribution is -2.43. The summed E-state index contributed by atoms with van der Waals surface area (Å²) in [7, 11) is -1.30. The van der Waals surface area contributed by atoms with Crippen LogP contribution in [-0.4, -0.2) is 54.3 Å². The fourth-order valence-electron chi connectivity index (χ4n) is 8.01. The van der Waals surface area contributed by atoms with Gasteiger partial charge >= 0.3 is 6.09 Å². The SMILES string of the molecule is CC(C)(C)OC(=O)N1CCC[C@H]1c1ncc(-c2ccc([C@H]3CC[C@H](c4ccc(N)cc4)N3c3cc(F)c(N4CC[Si](C)(C)CC4)c(F)c3)cc2)[nH]1. The Bertz CT molecular complexity index is 1840. The number of ether oxygens (including phenoxy) is 1. The number of anilines is 3. The maximum atomic E-state index is 16.0. The van der Waals surface area contributed by atoms with Gasteiger partial charge in [0, 0.05) is 31.0 Å². The Balaban J connectivity index is 1.15. The molecule has 0 saturated carbocycles. The summed E-state index contributed by atoms with van der Waals surface area (Å²) in [6.07, 6.45) is 4.84. The molecule has 11 heteroatoms. The van der Waals surface area contributed by atoms with E-state index >= 15 is 8.78 Å². The van der Waals surface area contributed by atoms with Crippen molar-refractivity contribution >= 4 is 31.2 Å². The van der Waals surface area contributed by atoms with Gasteiger partial charge in [0.25, 0.3) is 0 Å². The molecule has 0 spiro atoms. The monoisotopic (exact) mass is 712 g/mol. The fraction of sp³-hybridized carbons (Fsp3) is 0.450. The van der Waals surface area contributed by atoms with E-state index in [2.05, 4.69) is 52.2 Å². The first-order valence-electron chi connectivity index (χ1n) is 18.3. The molecular formula is C40H50F2N6O2Si. The molecule has 0 radical (unpaired) electrons. The molecule has 0 aliphatic carbocycles. The molecule has 0 unspecified atom stereocenters. The van der Waals surface area contributed by atoms with Crippen LogP contribution < -0.4 is 15.5 Å². The Hall–Kier alpha value is -4.38. The van der Waals surface area contributed by atoms with E-state index in [4.69, 9.17) is 10.5 Å². The second-order valence-corrected chi connectivity index (χ2v) is 21.6. The van der Waals surface area contributed by atoms with Gasteiger partial charge in [-0.15, -0.1) is 0 Å². The number of likely N-dealkylation sites (tertiary alicyclic amines) is 1. The molecule has 4 aromatic rings. The quantitative estimate of drug-likeness (QED) is 0.153. The van der Waals surface area contributed by atoms with Crippen molar-refractivity contribution in [1.29, 1.82) is 0 Å². The standard InChI is InChI=1S/C40H50F2N6O2Si/c1-40(2,3)50-39(49)47-18-6-7-36(47)38-44-25-33(45-38)26-8-10-27(11-9-26)34-16-17-35(28-12-14-29(43)15-13-28)48(34)30-23-31(41)37(32(42)24-30)46-19-21-51(4,5)22-20-46/h8-15,23-25,34-36H,6-7,16-22,43H2,1-5H3,(H,44,45)/t34-,35-,36+/m1/s1. The zero-order chi connectivity index (χ0) is 36.1. The van der Waals surface area contributed by atoms with E-state index in [1.165, 1.54) is 12.1 Å². The Morgan fingerprint density at radius 1 is 0.882 bits per heavy atom. The number of imidazole rings is 1. The maximum absolute atomic E-state index is 16.0. The lowest BCUT2D eigenvalue weighted by molar-refractivity contribution is 0.0218. The van der Waals surface area contributed by atoms with Crippen molar-refractivity contribution in [2.75, 3.05) is 35.2 Å². The first-order chi connectivity index (χ1) is 24.3. The largest absolute Gasteiger partial charge is 0.444 e. The summed E-state index contributed by atoms with van der Waals surface area (Å²) in [6, 6.07) is 20.9. The number of aromatic nitrogens is 2. The normalized spacial score (nSPS) is 22.1. The van der Waals surface area contributed by atoms with Crippen LogP contribution in [0.5, 0.6) is 0 Å². The van der Waals surface area contributed by atoms with Crippen LogP contribution in [0.25, 0.3) is 11.3 Å². The van der Waals surface area contributed by atoms with Crippen LogP contribution in [0.1, 0.15) is 81.5 Å². The number of hydrogen-bond donors (Lipinski definition) is 2. The van der Waals surface area contributed by atoms with E-state index in [9.17, 15) is 4.79 Å². The molecule has 51 heavy (non-hydrogen) atoms. The first kappa shape index (κ1) is 35.0. The summed E-state index contributed by atoms with van der Waals surface area (Å²) in [5, 5.41) is 0. The van der Waals surface area contributed by atoms with E-state index in [1.807, 2.05) is 56.1 Å². The second kappa shape index (κ2) is 13.6. The second-order valence-electron chi connectivity index (χ2n) is 16.2. The molecule has 3 saturated heterocycles. The highest BCUT2D eigenvalue weighted by molar-refractivity contribution is 6.77. The smallest absolute Gasteiger partial charge is 0.410 e. The predicted molar refractivity (Wildman–Crippen MR) is 203 cm³/mol. The summed E-state index contributed by atoms with van der Waals surface area (Å²) in [5.41, 5.74) is 10.7. The summed E-state index contributed by atoms with van der Waals surface area (Å²) < 4.78 is 37.6. The van der Waals surface area contributed by atoms with Gasteiger partial charge in [-0.2, -0.15) is 0 Å². The molecule has 1 amide bonds. The molecule has 7 rings (SSSR count). The Morgan fingerprint density at radius 3 is 2.06 bits per heavy atom. The molecule has 3 aliphatic rings. The third-order valence-corrected chi connectivity index (χ3v) is 14.0. The van der Waals surface area contributed by atoms with E-state index in [-0.39, 0.29) is 29.9 Å². The summed E-state index contributed by atoms with van der Waals surface area (Å²) in [6.45, 7) is 12.3. The van der Waals surface area contributed by atoms with E-state index in [0.717, 1.165) is 66.0 Å². The number of H-pyrrole nitrogens is 1. The number of nitrogens with one attached hydrogen (secondary N) is 1. The van der Waals surface area contributed by atoms with Crippen LogP contribution in [0.4, 0.5) is 30.6 Å². The van der Waals surface area contributed by atoms with Crippen molar-refractivity contribution in [3.8, 4) is 11.3 Å². The minimum atomic E-state index is -1.30. The minimum Gasteiger partial charge on any atom is -0.444 e. The topological polar surface area (TPSA) is 90.7 Å². The number of hydrogen-bond acceptors (Lipinski definition) is 6. The molecule has 0 bridgehead atoms. The number of nitrogens with two attached hydrogens (primary N) is 1. The summed E-state index contributed by atoms with van der Waals surface area (Å²) >= 11 is 0. The van der Waals surface area contributed by atoms with Gasteiger partial charge in [0.2, 0.25) is 0 Å². The van der Waals surface area contributed by atoms with Gasteiger partial charge in [-0.25, -0.2) is 18.6 Å². The molecule has 8 nitrogen and oxygen atoms in total. The number of halogens is 2. The number of nitrogens with zero attached hydrogens (tertiary/aromatic N) is 4. The van der Waals surface area contributed by atoms with Crippen LogP contribution in [0.2, 0.25) is 25.2 Å². The number of carbonyl (C=O) groups is 1. The summed E-state index contributed by atoms with van der Waals surface area (Å²) in [5.74, 6) is -0.273. The van der Waals surface area contributed by atoms with Crippen molar-refractivity contribution in [3.63, 3.8) is 0 Å². The number of rotatable bonds is 6. The van der Waals surface area contributed by atoms with E-state index in [1.54, 1.807) is 4.90 Å². The molecule has 3 N–H and O–H groups in total. The molecule has 4 heterocycles. The number of amides is 1. The van der Waals surface area contributed by atoms with Crippen molar-refractivity contribution in [1.82, 2.24) is 14.9 Å². The van der Waals surface area contributed by atoms with Crippen molar-refractivity contribution in [2.24, 2.45) is 0 Å². The van der Waals surface area contributed by atoms with Gasteiger partial charge in [-0.05, 0) is 99.5 Å². The number of benzene rings is 3. The average molecular weight is 713 g/mol. The average Bonchev–Trinajstić information content (AvgIpc) is 3.85. The van der Waals surface area contributed by atoms with Crippen LogP contribution in [-0.2, 0) is 4.74 Å². The first-order valence-corrected chi connectivity index (χ1v) is 21.7. The van der Waals surface area contributed by atoms with Crippen LogP contribution in [0.3, 0.4) is 0 Å². The van der Waals surface area contributed by atoms with Gasteiger partial charge < -0.3 is 25.3 Å². The third kappa shape index (κ3) is 7.36. The highest BCUT2D eigenvalue weighted by Gasteiger charge is 2.38. The lowest BCUT2D eigenvalue weighted by Gasteiger charge is -2.38. The van der Waals surface area contributed by atoms with Gasteiger partial charge in [0.1, 0.15) is 17.1 Å². The minimum absolute atomic E-state index is 0.0730. The molecule has 270 valence electrons. The van der Waals surface area contributed by atoms with Crippen LogP contribution in [0, 0.1) is 11.6 Å². The number of carbonyl (C=O) groups excluding carboxylic acids is 1. The maximum Gasteiger partial charge on any atom is 0.410 e. The van der Waals surface area contributed by atoms with Gasteiger partial charge in [0.15, 0.2) is 11.6 Å². The molecule has 3 aromatic carbocycles. The third-order valence-electron chi connectivity index (χ3n) is 10.8. The molecule has 3 aliphatic heterocycles. The molecule has 1 aromatic heterocycles. The molecular weight excluding hydrogens is 663 g/mol. The lowest BCUT2D eigenvalue weighted by atomic mass is 10.0. The predicted octanol–water partition coefficient (Wildman–Crippen LogP) is 9.62. The number of aromatic amines is 1. The highest BCUT2D eigenvalue weighted by Crippen LogP contribution is 2.48. The van der Waals surface area contributed by atoms with Crippen molar-refractivity contribution in [3.05, 3.63) is 95.4 Å². The zero-order valence-corrected chi connectivity index (χ0v) is 31.4. The number of nitrogen functional groups attached to an aromatic ring is 1. The highest BCUT2D eigenvalue weighted by atomic mass is 28.3. The van der Waals surface area contributed by atoms with E-state index in [0.29, 0.717) is 31.0 Å². The summed E-state index contributed by atoms with van der Waals surface area (Å²) in [4.78, 5) is 26.9. The zero-order valence-electron chi connectivity index (χ0n) is 30.4. The van der Waals surface area contributed by atoms with Gasteiger partial charge in [0.05, 0.1) is 38.1 Å². The Morgan fingerprint density at radius 2 is 1.47 bits per heavy atom. The van der Waals surface area contributed by atoms with Crippen LogP contribution in [0.15, 0.2) is 66.9 Å². The molecule has 3 fully saturated rings.